The number of hydrogen-bond donors (Lipinski definition) is 0. The Morgan fingerprint density at radius 1 is 1.40 bits per heavy atom. The number of rotatable bonds is 8. The predicted octanol–water partition coefficient (Wildman–Crippen LogP) is 3.71. The molecule has 0 N–H and O–H groups in total. The van der Waals surface area contributed by atoms with Gasteiger partial charge in [-0.15, -0.1) is 0 Å². The SMILES string of the molecule is C/C=C/CCCC(C)CCOC(=O)CC. The van der Waals surface area contributed by atoms with Crippen LogP contribution in [0.15, 0.2) is 12.2 Å². The monoisotopic (exact) mass is 212 g/mol. The molecule has 0 radical (unpaired) electrons. The van der Waals surface area contributed by atoms with Gasteiger partial charge in [-0.3, -0.25) is 4.79 Å². The number of hydrogen-bond acceptors (Lipinski definition) is 2. The minimum absolute atomic E-state index is 0.0869. The van der Waals surface area contributed by atoms with E-state index in [9.17, 15) is 4.79 Å². The van der Waals surface area contributed by atoms with Gasteiger partial charge in [0.05, 0.1) is 6.61 Å². The molecule has 0 heterocycles. The Morgan fingerprint density at radius 3 is 2.73 bits per heavy atom. The van der Waals surface area contributed by atoms with E-state index in [1.807, 2.05) is 13.8 Å². The molecule has 0 saturated heterocycles. The summed E-state index contributed by atoms with van der Waals surface area (Å²) in [5.74, 6) is 0.566. The summed E-state index contributed by atoms with van der Waals surface area (Å²) in [5.41, 5.74) is 0. The zero-order valence-electron chi connectivity index (χ0n) is 10.3. The first-order valence-electron chi connectivity index (χ1n) is 5.97. The number of unbranched alkanes of at least 4 members (excludes halogenated alkanes) is 1. The second-order valence-electron chi connectivity index (χ2n) is 3.97. The molecule has 2 heteroatoms. The molecule has 0 aromatic carbocycles. The van der Waals surface area contributed by atoms with Gasteiger partial charge in [0.2, 0.25) is 0 Å². The van der Waals surface area contributed by atoms with E-state index in [1.54, 1.807) is 0 Å². The maximum atomic E-state index is 10.9. The minimum atomic E-state index is -0.0869. The number of carbonyl (C=O) groups is 1. The Bertz CT molecular complexity index is 185. The van der Waals surface area contributed by atoms with E-state index < -0.39 is 0 Å². The zero-order chi connectivity index (χ0) is 11.5. The molecule has 0 fully saturated rings. The summed E-state index contributed by atoms with van der Waals surface area (Å²) in [4.78, 5) is 10.9. The summed E-state index contributed by atoms with van der Waals surface area (Å²) >= 11 is 0. The third-order valence-corrected chi connectivity index (χ3v) is 2.47. The number of ether oxygens (including phenoxy) is 1. The maximum Gasteiger partial charge on any atom is 0.305 e. The molecule has 0 spiro atoms. The van der Waals surface area contributed by atoms with Crippen LogP contribution in [0.5, 0.6) is 0 Å². The van der Waals surface area contributed by atoms with Gasteiger partial charge in [0.25, 0.3) is 0 Å². The Labute approximate surface area is 93.7 Å². The van der Waals surface area contributed by atoms with Crippen LogP contribution in [-0.2, 0) is 9.53 Å². The van der Waals surface area contributed by atoms with Gasteiger partial charge in [-0.05, 0) is 32.1 Å². The zero-order valence-corrected chi connectivity index (χ0v) is 10.3. The third kappa shape index (κ3) is 9.51. The van der Waals surface area contributed by atoms with Crippen LogP contribution in [0.4, 0.5) is 0 Å². The van der Waals surface area contributed by atoms with Gasteiger partial charge in [0.15, 0.2) is 0 Å². The van der Waals surface area contributed by atoms with Crippen molar-refractivity contribution in [3.05, 3.63) is 12.2 Å². The highest BCUT2D eigenvalue weighted by atomic mass is 16.5. The molecular weight excluding hydrogens is 188 g/mol. The van der Waals surface area contributed by atoms with Gasteiger partial charge in [0.1, 0.15) is 0 Å². The standard InChI is InChI=1S/C13H24O2/c1-4-6-7-8-9-12(3)10-11-15-13(14)5-2/h4,6,12H,5,7-11H2,1-3H3/b6-4+. The van der Waals surface area contributed by atoms with E-state index in [0.29, 0.717) is 18.9 Å². The highest BCUT2D eigenvalue weighted by molar-refractivity contribution is 5.68. The normalized spacial score (nSPS) is 13.0. The van der Waals surface area contributed by atoms with Crippen LogP contribution in [0.3, 0.4) is 0 Å². The van der Waals surface area contributed by atoms with E-state index in [2.05, 4.69) is 19.1 Å². The van der Waals surface area contributed by atoms with Gasteiger partial charge in [0, 0.05) is 6.42 Å². The Kier molecular flexibility index (Phi) is 9.24. The van der Waals surface area contributed by atoms with Crippen LogP contribution < -0.4 is 0 Å². The molecule has 0 bridgehead atoms. The van der Waals surface area contributed by atoms with E-state index in [1.165, 1.54) is 12.8 Å². The van der Waals surface area contributed by atoms with Gasteiger partial charge in [-0.25, -0.2) is 0 Å². The van der Waals surface area contributed by atoms with Gasteiger partial charge in [-0.2, -0.15) is 0 Å². The summed E-state index contributed by atoms with van der Waals surface area (Å²) in [6.07, 6.45) is 9.37. The van der Waals surface area contributed by atoms with E-state index in [4.69, 9.17) is 4.74 Å². The second-order valence-corrected chi connectivity index (χ2v) is 3.97. The Hall–Kier alpha value is -0.790. The second kappa shape index (κ2) is 9.75. The summed E-state index contributed by atoms with van der Waals surface area (Å²) in [6.45, 7) is 6.67. The molecule has 0 aliphatic heterocycles. The summed E-state index contributed by atoms with van der Waals surface area (Å²) < 4.78 is 5.04. The van der Waals surface area contributed by atoms with Crippen LogP contribution in [0.2, 0.25) is 0 Å². The topological polar surface area (TPSA) is 26.3 Å². The van der Waals surface area contributed by atoms with Gasteiger partial charge in [-0.1, -0.05) is 32.4 Å². The highest BCUT2D eigenvalue weighted by Crippen LogP contribution is 2.12. The lowest BCUT2D eigenvalue weighted by molar-refractivity contribution is -0.143. The fraction of sp³-hybridized carbons (Fsp3) is 0.769. The number of allylic oxidation sites excluding steroid dienone is 2. The summed E-state index contributed by atoms with van der Waals surface area (Å²) in [6, 6.07) is 0. The molecule has 0 amide bonds. The van der Waals surface area contributed by atoms with Crippen molar-refractivity contribution in [1.82, 2.24) is 0 Å². The average Bonchev–Trinajstić information content (AvgIpc) is 2.24. The molecule has 88 valence electrons. The first-order chi connectivity index (χ1) is 7.20. The molecule has 0 saturated carbocycles. The summed E-state index contributed by atoms with van der Waals surface area (Å²) in [7, 11) is 0. The first-order valence-corrected chi connectivity index (χ1v) is 5.97. The van der Waals surface area contributed by atoms with Crippen molar-refractivity contribution in [2.75, 3.05) is 6.61 Å². The molecular formula is C13H24O2. The number of carbonyl (C=O) groups excluding carboxylic acids is 1. The third-order valence-electron chi connectivity index (χ3n) is 2.47. The molecule has 1 unspecified atom stereocenters. The van der Waals surface area contributed by atoms with Gasteiger partial charge < -0.3 is 4.74 Å². The van der Waals surface area contributed by atoms with Crippen LogP contribution in [0.1, 0.15) is 52.9 Å². The molecule has 15 heavy (non-hydrogen) atoms. The smallest absolute Gasteiger partial charge is 0.305 e. The van der Waals surface area contributed by atoms with Crippen LogP contribution in [0.25, 0.3) is 0 Å². The lowest BCUT2D eigenvalue weighted by Gasteiger charge is -2.10. The minimum Gasteiger partial charge on any atom is -0.466 e. The molecule has 0 aliphatic rings. The molecule has 1 atom stereocenters. The average molecular weight is 212 g/mol. The van der Waals surface area contributed by atoms with Crippen LogP contribution >= 0.6 is 0 Å². The van der Waals surface area contributed by atoms with Crippen LogP contribution in [-0.4, -0.2) is 12.6 Å². The molecule has 0 rings (SSSR count). The largest absolute Gasteiger partial charge is 0.466 e. The van der Waals surface area contributed by atoms with Crippen molar-refractivity contribution in [1.29, 1.82) is 0 Å². The fourth-order valence-corrected chi connectivity index (χ4v) is 1.37. The van der Waals surface area contributed by atoms with Crippen molar-refractivity contribution in [2.24, 2.45) is 5.92 Å². The lowest BCUT2D eigenvalue weighted by atomic mass is 10.0. The molecule has 2 nitrogen and oxygen atoms in total. The predicted molar refractivity (Wildman–Crippen MR) is 63.7 cm³/mol. The van der Waals surface area contributed by atoms with Crippen molar-refractivity contribution >= 4 is 5.97 Å². The quantitative estimate of drug-likeness (QED) is 0.348. The van der Waals surface area contributed by atoms with Crippen molar-refractivity contribution in [3.8, 4) is 0 Å². The lowest BCUT2D eigenvalue weighted by Crippen LogP contribution is -2.07. The van der Waals surface area contributed by atoms with Crippen molar-refractivity contribution in [2.45, 2.75) is 52.9 Å². The molecule has 0 aromatic heterocycles. The van der Waals surface area contributed by atoms with Gasteiger partial charge >= 0.3 is 5.97 Å². The Morgan fingerprint density at radius 2 is 2.13 bits per heavy atom. The van der Waals surface area contributed by atoms with E-state index in [0.717, 1.165) is 12.8 Å². The number of esters is 1. The highest BCUT2D eigenvalue weighted by Gasteiger charge is 2.03. The van der Waals surface area contributed by atoms with Crippen molar-refractivity contribution in [3.63, 3.8) is 0 Å². The van der Waals surface area contributed by atoms with E-state index in [-0.39, 0.29) is 5.97 Å². The molecule has 0 aliphatic carbocycles. The first kappa shape index (κ1) is 14.2. The molecule has 0 aromatic rings. The van der Waals surface area contributed by atoms with Crippen molar-refractivity contribution < 1.29 is 9.53 Å². The fourth-order valence-electron chi connectivity index (χ4n) is 1.37. The Balaban J connectivity index is 3.32. The van der Waals surface area contributed by atoms with E-state index >= 15 is 0 Å². The maximum absolute atomic E-state index is 10.9. The van der Waals surface area contributed by atoms with Crippen LogP contribution in [0, 0.1) is 5.92 Å². The summed E-state index contributed by atoms with van der Waals surface area (Å²) in [5, 5.41) is 0.